The van der Waals surface area contributed by atoms with Crippen molar-refractivity contribution in [3.8, 4) is 17.9 Å². The van der Waals surface area contributed by atoms with Gasteiger partial charge in [0.1, 0.15) is 23.9 Å². The molecule has 4 heterocycles. The first-order chi connectivity index (χ1) is 27.4. The molecule has 4 amide bonds. The molecule has 0 bridgehead atoms. The Kier molecular flexibility index (Phi) is 15.8. The number of benzene rings is 1. The second kappa shape index (κ2) is 20.9. The number of para-hydroxylation sites is 1. The van der Waals surface area contributed by atoms with Crippen LogP contribution in [0.15, 0.2) is 42.6 Å². The third kappa shape index (κ3) is 12.7. The van der Waals surface area contributed by atoms with Gasteiger partial charge in [-0.1, -0.05) is 52.0 Å². The van der Waals surface area contributed by atoms with Gasteiger partial charge in [-0.15, -0.1) is 0 Å². The average Bonchev–Trinajstić information content (AvgIpc) is 3.62. The highest BCUT2D eigenvalue weighted by molar-refractivity contribution is 5.84. The number of piperidine rings is 2. The number of carbonyl (C=O) groups excluding carboxylic acids is 4. The van der Waals surface area contributed by atoms with Crippen LogP contribution in [-0.4, -0.2) is 78.5 Å². The van der Waals surface area contributed by atoms with Gasteiger partial charge in [0.15, 0.2) is 0 Å². The van der Waals surface area contributed by atoms with Crippen LogP contribution in [0.25, 0.3) is 0 Å². The van der Waals surface area contributed by atoms with Crippen LogP contribution in [0.2, 0.25) is 0 Å². The number of nitriles is 2. The molecule has 2 fully saturated rings. The Morgan fingerprint density at radius 3 is 2.14 bits per heavy atom. The van der Waals surface area contributed by atoms with Crippen LogP contribution in [0, 0.1) is 46.3 Å². The number of aromatic nitrogens is 1. The Morgan fingerprint density at radius 1 is 0.877 bits per heavy atom. The van der Waals surface area contributed by atoms with E-state index in [-0.39, 0.29) is 66.2 Å². The van der Waals surface area contributed by atoms with Gasteiger partial charge >= 0.3 is 0 Å². The molecule has 2 saturated heterocycles. The van der Waals surface area contributed by atoms with Crippen molar-refractivity contribution in [2.24, 2.45) is 23.7 Å². The summed E-state index contributed by atoms with van der Waals surface area (Å²) in [4.78, 5) is 56.8. The molecule has 0 aliphatic carbocycles. The molecule has 0 radical (unpaired) electrons. The van der Waals surface area contributed by atoms with Crippen molar-refractivity contribution in [1.29, 1.82) is 10.5 Å². The molecular formula is C43H59N9O5. The molecule has 1 aromatic heterocycles. The molecular weight excluding hydrogens is 723 g/mol. The minimum Gasteiger partial charge on any atom is -0.488 e. The van der Waals surface area contributed by atoms with Crippen LogP contribution < -0.4 is 36.6 Å². The highest BCUT2D eigenvalue weighted by Gasteiger charge is 2.34. The summed E-state index contributed by atoms with van der Waals surface area (Å²) in [6.45, 7) is 10.1. The predicted octanol–water partition coefficient (Wildman–Crippen LogP) is 3.14. The number of rotatable bonds is 19. The van der Waals surface area contributed by atoms with Gasteiger partial charge in [-0.3, -0.25) is 24.2 Å². The van der Waals surface area contributed by atoms with Crippen LogP contribution in [-0.2, 0) is 32.1 Å². The number of pyridine rings is 1. The van der Waals surface area contributed by atoms with E-state index in [4.69, 9.17) is 4.74 Å². The fourth-order valence-electron chi connectivity index (χ4n) is 7.98. The molecule has 8 atom stereocenters. The van der Waals surface area contributed by atoms with E-state index in [0.717, 1.165) is 35.4 Å². The number of amides is 4. The van der Waals surface area contributed by atoms with Gasteiger partial charge in [0.2, 0.25) is 23.6 Å². The monoisotopic (exact) mass is 781 g/mol. The Labute approximate surface area is 336 Å². The smallest absolute Gasteiger partial charge is 0.238 e. The molecule has 2 unspecified atom stereocenters. The van der Waals surface area contributed by atoms with Gasteiger partial charge in [0, 0.05) is 56.6 Å². The number of nitrogens with one attached hydrogen (secondary N) is 6. The van der Waals surface area contributed by atoms with Crippen LogP contribution in [0.3, 0.4) is 0 Å². The van der Waals surface area contributed by atoms with Crippen molar-refractivity contribution in [2.75, 3.05) is 19.6 Å². The maximum atomic E-state index is 13.5. The van der Waals surface area contributed by atoms with Gasteiger partial charge in [-0.25, -0.2) is 0 Å². The van der Waals surface area contributed by atoms with Crippen LogP contribution >= 0.6 is 0 Å². The fourth-order valence-corrected chi connectivity index (χ4v) is 7.98. The third-order valence-electron chi connectivity index (χ3n) is 11.0. The molecule has 14 heteroatoms. The normalized spacial score (nSPS) is 22.5. The predicted molar refractivity (Wildman–Crippen MR) is 214 cm³/mol. The summed E-state index contributed by atoms with van der Waals surface area (Å²) >= 11 is 0. The van der Waals surface area contributed by atoms with Crippen LogP contribution in [0.1, 0.15) is 95.4 Å². The third-order valence-corrected chi connectivity index (χ3v) is 11.0. The lowest BCUT2D eigenvalue weighted by Gasteiger charge is -2.31. The Bertz CT molecular complexity index is 1750. The lowest BCUT2D eigenvalue weighted by atomic mass is 9.82. The molecule has 3 aliphatic heterocycles. The van der Waals surface area contributed by atoms with Crippen LogP contribution in [0.5, 0.6) is 5.75 Å². The maximum absolute atomic E-state index is 13.5. The number of fused-ring (bicyclic) bond motifs is 1. The van der Waals surface area contributed by atoms with E-state index in [0.29, 0.717) is 51.9 Å². The second-order valence-corrected chi connectivity index (χ2v) is 16.6. The second-order valence-electron chi connectivity index (χ2n) is 16.6. The molecule has 0 saturated carbocycles. The van der Waals surface area contributed by atoms with Crippen LogP contribution in [0.4, 0.5) is 0 Å². The Balaban J connectivity index is 1.12. The zero-order valence-corrected chi connectivity index (χ0v) is 33.7. The average molecular weight is 782 g/mol. The molecule has 5 rings (SSSR count). The molecule has 57 heavy (non-hydrogen) atoms. The van der Waals surface area contributed by atoms with E-state index in [1.54, 1.807) is 6.20 Å². The zero-order chi connectivity index (χ0) is 40.9. The highest BCUT2D eigenvalue weighted by Crippen LogP contribution is 2.30. The first-order valence-corrected chi connectivity index (χ1v) is 20.5. The first kappa shape index (κ1) is 43.1. The number of carbonyl (C=O) groups is 4. The Hall–Kier alpha value is -5.05. The molecule has 306 valence electrons. The van der Waals surface area contributed by atoms with Gasteiger partial charge in [-0.2, -0.15) is 10.5 Å². The molecule has 14 nitrogen and oxygen atoms in total. The number of hydrogen-bond donors (Lipinski definition) is 6. The molecule has 2 aromatic rings. The SMILES string of the molecule is CC(C)C[C@H](NCc1ccc(C2CNC(=O)[C@H](C[C@@H](C#N)NC(=O)[C@H](CC(C)C)NCC3Cc4ccccc4O3)C2)cn1)C(=O)N[C@H](C#N)C[C@@H]1CCCNC1=O. The van der Waals surface area contributed by atoms with Crippen molar-refractivity contribution in [3.63, 3.8) is 0 Å². The standard InChI is InChI=1S/C43H59N9O5/c1-26(2)14-37(42(55)51-34(20-44)17-29-9-7-13-46-40(29)53)48-24-33-12-11-30(22-47-33)32-16-31(41(54)50-23-32)18-35(21-45)52-43(56)38(15-27(3)4)49-25-36-19-28-8-5-6-10-39(28)57-36/h5-6,8,10-12,22,26-27,29,31-32,34-38,48-49H,7,9,13-19,23-25H2,1-4H3,(H,46,53)(H,50,54)(H,51,55)(H,52,56)/t29-,31-,32?,34-,35-,36?,37-,38-/m0/s1. The fraction of sp³-hybridized carbons (Fsp3) is 0.605. The molecule has 6 N–H and O–H groups in total. The lowest BCUT2D eigenvalue weighted by molar-refractivity contribution is -0.128. The van der Waals surface area contributed by atoms with Crippen molar-refractivity contribution in [2.45, 2.75) is 122 Å². The molecule has 3 aliphatic rings. The summed E-state index contributed by atoms with van der Waals surface area (Å²) < 4.78 is 6.06. The van der Waals surface area contributed by atoms with Gasteiger partial charge < -0.3 is 36.6 Å². The lowest BCUT2D eigenvalue weighted by Crippen LogP contribution is -2.51. The van der Waals surface area contributed by atoms with E-state index >= 15 is 0 Å². The Morgan fingerprint density at radius 2 is 1.53 bits per heavy atom. The summed E-state index contributed by atoms with van der Waals surface area (Å²) in [5, 5.41) is 38.1. The summed E-state index contributed by atoms with van der Waals surface area (Å²) in [5.74, 6) is -0.230. The molecule has 0 spiro atoms. The summed E-state index contributed by atoms with van der Waals surface area (Å²) in [5.41, 5.74) is 2.82. The number of nitrogens with zero attached hydrogens (tertiary/aromatic N) is 3. The first-order valence-electron chi connectivity index (χ1n) is 20.5. The summed E-state index contributed by atoms with van der Waals surface area (Å²) in [6, 6.07) is 13.5. The van der Waals surface area contributed by atoms with Crippen molar-refractivity contribution in [1.82, 2.24) is 36.9 Å². The van der Waals surface area contributed by atoms with E-state index in [2.05, 4.69) is 49.0 Å². The van der Waals surface area contributed by atoms with E-state index in [9.17, 15) is 29.7 Å². The minimum absolute atomic E-state index is 0.0308. The zero-order valence-electron chi connectivity index (χ0n) is 33.7. The largest absolute Gasteiger partial charge is 0.488 e. The van der Waals surface area contributed by atoms with Crippen molar-refractivity contribution >= 4 is 23.6 Å². The van der Waals surface area contributed by atoms with Crippen molar-refractivity contribution < 1.29 is 23.9 Å². The maximum Gasteiger partial charge on any atom is 0.238 e. The highest BCUT2D eigenvalue weighted by atomic mass is 16.5. The van der Waals surface area contributed by atoms with E-state index in [1.807, 2.05) is 64.1 Å². The summed E-state index contributed by atoms with van der Waals surface area (Å²) in [6.07, 6.45) is 6.14. The van der Waals surface area contributed by atoms with Gasteiger partial charge in [0.25, 0.3) is 0 Å². The number of ether oxygens (including phenoxy) is 1. The van der Waals surface area contributed by atoms with E-state index in [1.165, 1.54) is 0 Å². The molecule has 1 aromatic carbocycles. The van der Waals surface area contributed by atoms with E-state index < -0.39 is 30.1 Å². The quantitative estimate of drug-likeness (QED) is 0.123. The van der Waals surface area contributed by atoms with Gasteiger partial charge in [0.05, 0.1) is 29.9 Å². The van der Waals surface area contributed by atoms with Crippen molar-refractivity contribution in [3.05, 3.63) is 59.4 Å². The minimum atomic E-state index is -0.840. The number of hydrogen-bond acceptors (Lipinski definition) is 10. The topological polar surface area (TPSA) is 210 Å². The van der Waals surface area contributed by atoms with Gasteiger partial charge in [-0.05, 0) is 80.0 Å². The summed E-state index contributed by atoms with van der Waals surface area (Å²) in [7, 11) is 0.